The summed E-state index contributed by atoms with van der Waals surface area (Å²) < 4.78 is 6.54. The molecule has 3 aliphatic carbocycles. The monoisotopic (exact) mass is 502 g/mol. The zero-order valence-corrected chi connectivity index (χ0v) is 21.1. The van der Waals surface area contributed by atoms with Gasteiger partial charge in [-0.05, 0) is 67.8 Å². The molecule has 3 N–H and O–H groups in total. The molecule has 0 aromatic heterocycles. The van der Waals surface area contributed by atoms with Crippen LogP contribution in [0.1, 0.15) is 54.9 Å². The van der Waals surface area contributed by atoms with Gasteiger partial charge in [-0.2, -0.15) is 0 Å². The number of likely N-dealkylation sites (N-methyl/N-ethyl adjacent to an activating group) is 1. The molecule has 0 unspecified atom stereocenters. The SMILES string of the molecule is CN(C(=O)C=Cc1ccccc1)[C@@H]1CC[C@@]2(O)[C@H]3[C@@H](O)c4ccc(O)c5c4[C@@]2(CCN3CC2CC2)[C@H]1O5. The van der Waals surface area contributed by atoms with Crippen LogP contribution in [0.15, 0.2) is 48.5 Å². The van der Waals surface area contributed by atoms with E-state index in [1.54, 1.807) is 30.2 Å². The first-order valence-electron chi connectivity index (χ1n) is 13.5. The lowest BCUT2D eigenvalue weighted by Crippen LogP contribution is -2.79. The van der Waals surface area contributed by atoms with Crippen molar-refractivity contribution in [3.63, 3.8) is 0 Å². The third kappa shape index (κ3) is 3.14. The van der Waals surface area contributed by atoms with Crippen molar-refractivity contribution in [3.05, 3.63) is 65.2 Å². The largest absolute Gasteiger partial charge is 0.504 e. The van der Waals surface area contributed by atoms with E-state index in [2.05, 4.69) is 4.90 Å². The summed E-state index contributed by atoms with van der Waals surface area (Å²) in [6, 6.07) is 12.4. The van der Waals surface area contributed by atoms with Crippen LogP contribution in [0, 0.1) is 5.92 Å². The normalized spacial score (nSPS) is 35.8. The number of likely N-dealkylation sites (tertiary alicyclic amines) is 1. The lowest BCUT2D eigenvalue weighted by molar-refractivity contribution is -0.223. The van der Waals surface area contributed by atoms with Crippen molar-refractivity contribution in [2.45, 2.75) is 67.4 Å². The molecule has 37 heavy (non-hydrogen) atoms. The highest BCUT2D eigenvalue weighted by atomic mass is 16.5. The molecule has 3 fully saturated rings. The number of aliphatic hydroxyl groups excluding tert-OH is 1. The van der Waals surface area contributed by atoms with Gasteiger partial charge in [-0.15, -0.1) is 0 Å². The van der Waals surface area contributed by atoms with E-state index in [9.17, 15) is 20.1 Å². The Morgan fingerprint density at radius 3 is 2.70 bits per heavy atom. The maximum atomic E-state index is 13.3. The first kappa shape index (κ1) is 23.3. The Morgan fingerprint density at radius 2 is 1.95 bits per heavy atom. The summed E-state index contributed by atoms with van der Waals surface area (Å²) in [6.45, 7) is 1.63. The lowest BCUT2D eigenvalue weighted by atomic mass is 9.47. The van der Waals surface area contributed by atoms with Crippen LogP contribution in [0.3, 0.4) is 0 Å². The number of rotatable bonds is 5. The van der Waals surface area contributed by atoms with Gasteiger partial charge in [0, 0.05) is 25.2 Å². The van der Waals surface area contributed by atoms with E-state index in [4.69, 9.17) is 4.74 Å². The van der Waals surface area contributed by atoms with Gasteiger partial charge in [-0.25, -0.2) is 0 Å². The number of carbonyl (C=O) groups is 1. The molecule has 2 bridgehead atoms. The quantitative estimate of drug-likeness (QED) is 0.545. The summed E-state index contributed by atoms with van der Waals surface area (Å²) in [5, 5.41) is 35.0. The molecule has 2 saturated carbocycles. The Morgan fingerprint density at radius 1 is 1.16 bits per heavy atom. The zero-order chi connectivity index (χ0) is 25.5. The number of piperidine rings is 1. The average Bonchev–Trinajstić information content (AvgIpc) is 3.64. The molecule has 2 heterocycles. The second kappa shape index (κ2) is 8.06. The van der Waals surface area contributed by atoms with E-state index in [1.165, 1.54) is 12.8 Å². The fraction of sp³-hybridized carbons (Fsp3) is 0.500. The minimum absolute atomic E-state index is 0.0210. The summed E-state index contributed by atoms with van der Waals surface area (Å²) in [7, 11) is 1.80. The summed E-state index contributed by atoms with van der Waals surface area (Å²) in [6.07, 6.45) is 6.10. The van der Waals surface area contributed by atoms with Crippen LogP contribution >= 0.6 is 0 Å². The molecule has 7 rings (SSSR count). The Labute approximate surface area is 217 Å². The van der Waals surface area contributed by atoms with Crippen molar-refractivity contribution in [1.82, 2.24) is 9.80 Å². The number of phenols is 1. The van der Waals surface area contributed by atoms with E-state index in [0.29, 0.717) is 30.9 Å². The van der Waals surface area contributed by atoms with Gasteiger partial charge in [0.2, 0.25) is 5.91 Å². The predicted molar refractivity (Wildman–Crippen MR) is 138 cm³/mol. The predicted octanol–water partition coefficient (Wildman–Crippen LogP) is 2.99. The fourth-order valence-electron chi connectivity index (χ4n) is 7.93. The van der Waals surface area contributed by atoms with Gasteiger partial charge in [0.05, 0.1) is 29.2 Å². The molecule has 7 nitrogen and oxygen atoms in total. The molecule has 1 spiro atoms. The molecular weight excluding hydrogens is 468 g/mol. The molecule has 194 valence electrons. The first-order chi connectivity index (χ1) is 17.8. The topological polar surface area (TPSA) is 93.5 Å². The van der Waals surface area contributed by atoms with Crippen molar-refractivity contribution < 1.29 is 24.9 Å². The van der Waals surface area contributed by atoms with Gasteiger partial charge in [0.25, 0.3) is 0 Å². The summed E-state index contributed by atoms with van der Waals surface area (Å²) in [4.78, 5) is 17.3. The second-order valence-corrected chi connectivity index (χ2v) is 11.7. The highest BCUT2D eigenvalue weighted by Crippen LogP contribution is 2.67. The number of aliphatic hydroxyl groups is 2. The summed E-state index contributed by atoms with van der Waals surface area (Å²) in [5.74, 6) is 0.890. The molecule has 2 aliphatic heterocycles. The Hall–Kier alpha value is -2.87. The van der Waals surface area contributed by atoms with Gasteiger partial charge in [0.15, 0.2) is 11.5 Å². The maximum absolute atomic E-state index is 13.3. The van der Waals surface area contributed by atoms with E-state index in [-0.39, 0.29) is 17.7 Å². The van der Waals surface area contributed by atoms with Crippen LogP contribution in [0.25, 0.3) is 6.08 Å². The van der Waals surface area contributed by atoms with E-state index < -0.39 is 29.3 Å². The van der Waals surface area contributed by atoms with Gasteiger partial charge >= 0.3 is 0 Å². The third-order valence-corrected chi connectivity index (χ3v) is 9.84. The smallest absolute Gasteiger partial charge is 0.246 e. The van der Waals surface area contributed by atoms with Crippen molar-refractivity contribution in [3.8, 4) is 11.5 Å². The molecule has 1 amide bonds. The van der Waals surface area contributed by atoms with Gasteiger partial charge in [0.1, 0.15) is 6.10 Å². The lowest BCUT2D eigenvalue weighted by Gasteiger charge is -2.65. The highest BCUT2D eigenvalue weighted by molar-refractivity contribution is 5.92. The number of ether oxygens (including phenoxy) is 1. The third-order valence-electron chi connectivity index (χ3n) is 9.84. The number of hydrogen-bond acceptors (Lipinski definition) is 6. The second-order valence-electron chi connectivity index (χ2n) is 11.7. The van der Waals surface area contributed by atoms with Crippen LogP contribution in [0.2, 0.25) is 0 Å². The average molecular weight is 503 g/mol. The van der Waals surface area contributed by atoms with Crippen molar-refractivity contribution >= 4 is 12.0 Å². The van der Waals surface area contributed by atoms with Crippen LogP contribution in [-0.2, 0) is 10.2 Å². The number of amides is 1. The minimum atomic E-state index is -1.21. The van der Waals surface area contributed by atoms with Crippen LogP contribution in [0.5, 0.6) is 11.5 Å². The van der Waals surface area contributed by atoms with Crippen molar-refractivity contribution in [2.75, 3.05) is 20.1 Å². The first-order valence-corrected chi connectivity index (χ1v) is 13.5. The molecule has 1 saturated heterocycles. The van der Waals surface area contributed by atoms with Gasteiger partial charge < -0.3 is 25.0 Å². The molecule has 5 aliphatic rings. The Bertz CT molecular complexity index is 1280. The van der Waals surface area contributed by atoms with Crippen molar-refractivity contribution in [2.24, 2.45) is 5.92 Å². The molecule has 0 radical (unpaired) electrons. The number of carbonyl (C=O) groups excluding carboxylic acids is 1. The molecule has 6 atom stereocenters. The highest BCUT2D eigenvalue weighted by Gasteiger charge is 2.75. The number of nitrogens with zero attached hydrogens (tertiary/aromatic N) is 2. The van der Waals surface area contributed by atoms with Gasteiger partial charge in [-0.1, -0.05) is 36.4 Å². The molecule has 7 heteroatoms. The van der Waals surface area contributed by atoms with E-state index >= 15 is 0 Å². The standard InChI is InChI=1S/C30H34N2O5/c1-31(23(34)12-9-18-5-3-2-4-6-18)21-13-14-30(36)27-25(35)20-10-11-22(33)26-24(20)29(30,28(21)37-26)15-16-32(27)17-19-7-8-19/h2-6,9-12,19,21,25,27-28,33,35-36H,7-8,13-17H2,1H3/t21-,25+,27-,28+,29+,30-/m1/s1. The summed E-state index contributed by atoms with van der Waals surface area (Å²) in [5.41, 5.74) is 0.439. The number of phenolic OH excluding ortho intramolecular Hbond substituents is 1. The molecular formula is C30H34N2O5. The molecule has 2 aromatic rings. The Kier molecular flexibility index (Phi) is 5.07. The Balaban J connectivity index is 1.28. The van der Waals surface area contributed by atoms with Crippen LogP contribution in [0.4, 0.5) is 0 Å². The van der Waals surface area contributed by atoms with Gasteiger partial charge in [-0.3, -0.25) is 9.69 Å². The minimum Gasteiger partial charge on any atom is -0.504 e. The number of benzene rings is 2. The fourth-order valence-corrected chi connectivity index (χ4v) is 7.93. The zero-order valence-electron chi connectivity index (χ0n) is 21.1. The van der Waals surface area contributed by atoms with E-state index in [1.807, 2.05) is 36.4 Å². The molecule has 2 aromatic carbocycles. The number of aromatic hydroxyl groups is 1. The summed E-state index contributed by atoms with van der Waals surface area (Å²) >= 11 is 0. The number of hydrogen-bond donors (Lipinski definition) is 3. The van der Waals surface area contributed by atoms with Crippen LogP contribution in [-0.4, -0.2) is 75.0 Å². The van der Waals surface area contributed by atoms with Crippen LogP contribution < -0.4 is 4.74 Å². The maximum Gasteiger partial charge on any atom is 0.246 e. The van der Waals surface area contributed by atoms with E-state index in [0.717, 1.165) is 29.8 Å². The van der Waals surface area contributed by atoms with Crippen molar-refractivity contribution in [1.29, 1.82) is 0 Å².